The van der Waals surface area contributed by atoms with Gasteiger partial charge < -0.3 is 19.6 Å². The number of morpholine rings is 1. The second kappa shape index (κ2) is 5.48. The van der Waals surface area contributed by atoms with Crippen LogP contribution in [0.15, 0.2) is 0 Å². The molecule has 0 saturated carbocycles. The third-order valence-corrected chi connectivity index (χ3v) is 4.01. The summed E-state index contributed by atoms with van der Waals surface area (Å²) in [7, 11) is 0. The molecule has 0 aromatic carbocycles. The number of hydrogen-bond acceptors (Lipinski definition) is 3. The van der Waals surface area contributed by atoms with Gasteiger partial charge in [0.15, 0.2) is 0 Å². The summed E-state index contributed by atoms with van der Waals surface area (Å²) in [5.41, 5.74) is -0.779. The highest BCUT2D eigenvalue weighted by atomic mass is 16.5. The number of carbonyl (C=O) groups is 2. The minimum Gasteiger partial charge on any atom is -0.481 e. The van der Waals surface area contributed by atoms with E-state index in [-0.39, 0.29) is 17.2 Å². The maximum absolute atomic E-state index is 12.7. The standard InChI is InChI=1S/C15H26N2O4/c1-14(2)9-17(10-15(3,4)21-14)13(20)16-7-5-6-11(8-16)12(18)19/h11H,5-10H2,1-4H3,(H,18,19). The second-order valence-corrected chi connectivity index (χ2v) is 7.38. The highest BCUT2D eigenvalue weighted by Crippen LogP contribution is 2.29. The molecule has 1 atom stereocenters. The zero-order valence-corrected chi connectivity index (χ0v) is 13.4. The van der Waals surface area contributed by atoms with Crippen LogP contribution in [-0.4, -0.2) is 64.3 Å². The number of carboxylic acid groups (broad SMARTS) is 1. The molecule has 2 rings (SSSR count). The Bertz CT molecular complexity index is 417. The lowest BCUT2D eigenvalue weighted by Gasteiger charge is -2.48. The SMILES string of the molecule is CC1(C)CN(C(=O)N2CCCC(C(=O)O)C2)CC(C)(C)O1. The van der Waals surface area contributed by atoms with Crippen LogP contribution in [0.3, 0.4) is 0 Å². The number of rotatable bonds is 1. The third-order valence-electron chi connectivity index (χ3n) is 4.01. The van der Waals surface area contributed by atoms with E-state index in [0.29, 0.717) is 32.6 Å². The number of nitrogens with zero attached hydrogens (tertiary/aromatic N) is 2. The Labute approximate surface area is 126 Å². The molecule has 21 heavy (non-hydrogen) atoms. The molecule has 1 N–H and O–H groups in total. The quantitative estimate of drug-likeness (QED) is 0.801. The lowest BCUT2D eigenvalue weighted by molar-refractivity contribution is -0.172. The fraction of sp³-hybridized carbons (Fsp3) is 0.867. The molecule has 2 aliphatic heterocycles. The fourth-order valence-electron chi connectivity index (χ4n) is 3.48. The van der Waals surface area contributed by atoms with Gasteiger partial charge in [-0.05, 0) is 40.5 Å². The molecule has 2 amide bonds. The van der Waals surface area contributed by atoms with Crippen molar-refractivity contribution in [1.82, 2.24) is 9.80 Å². The molecule has 2 fully saturated rings. The van der Waals surface area contributed by atoms with Crippen LogP contribution < -0.4 is 0 Å². The molecule has 2 heterocycles. The predicted molar refractivity (Wildman–Crippen MR) is 78.1 cm³/mol. The van der Waals surface area contributed by atoms with Gasteiger partial charge in [0.1, 0.15) is 0 Å². The van der Waals surface area contributed by atoms with E-state index in [1.54, 1.807) is 9.80 Å². The molecule has 6 nitrogen and oxygen atoms in total. The molecule has 0 spiro atoms. The Morgan fingerprint density at radius 1 is 1.10 bits per heavy atom. The summed E-state index contributed by atoms with van der Waals surface area (Å²) in [5, 5.41) is 9.14. The Morgan fingerprint density at radius 3 is 2.19 bits per heavy atom. The van der Waals surface area contributed by atoms with Crippen molar-refractivity contribution >= 4 is 12.0 Å². The molecule has 0 aromatic rings. The monoisotopic (exact) mass is 298 g/mol. The zero-order valence-electron chi connectivity index (χ0n) is 13.4. The first kappa shape index (κ1) is 16.1. The number of carbonyl (C=O) groups excluding carboxylic acids is 1. The van der Waals surface area contributed by atoms with E-state index in [9.17, 15) is 9.59 Å². The molecule has 0 aromatic heterocycles. The molecule has 2 saturated heterocycles. The fourth-order valence-corrected chi connectivity index (χ4v) is 3.48. The summed E-state index contributed by atoms with van der Waals surface area (Å²) in [6.07, 6.45) is 1.40. The number of aliphatic carboxylic acids is 1. The van der Waals surface area contributed by atoms with E-state index in [4.69, 9.17) is 9.84 Å². The highest BCUT2D eigenvalue weighted by molar-refractivity contribution is 5.77. The largest absolute Gasteiger partial charge is 0.481 e. The number of urea groups is 1. The maximum Gasteiger partial charge on any atom is 0.320 e. The molecule has 120 valence electrons. The predicted octanol–water partition coefficient (Wildman–Crippen LogP) is 1.79. The van der Waals surface area contributed by atoms with Crippen molar-refractivity contribution in [3.63, 3.8) is 0 Å². The van der Waals surface area contributed by atoms with Crippen LogP contribution in [0, 0.1) is 5.92 Å². The number of ether oxygens (including phenoxy) is 1. The van der Waals surface area contributed by atoms with Crippen LogP contribution in [0.2, 0.25) is 0 Å². The van der Waals surface area contributed by atoms with E-state index in [2.05, 4.69) is 0 Å². The summed E-state index contributed by atoms with van der Waals surface area (Å²) >= 11 is 0. The van der Waals surface area contributed by atoms with Crippen molar-refractivity contribution in [3.8, 4) is 0 Å². The smallest absolute Gasteiger partial charge is 0.320 e. The maximum atomic E-state index is 12.7. The van der Waals surface area contributed by atoms with Crippen molar-refractivity contribution in [2.75, 3.05) is 26.2 Å². The minimum atomic E-state index is -0.810. The van der Waals surface area contributed by atoms with Crippen molar-refractivity contribution in [3.05, 3.63) is 0 Å². The number of piperidine rings is 1. The average Bonchev–Trinajstić information content (AvgIpc) is 2.34. The third kappa shape index (κ3) is 3.87. The van der Waals surface area contributed by atoms with Crippen LogP contribution in [0.5, 0.6) is 0 Å². The summed E-state index contributed by atoms with van der Waals surface area (Å²) in [6.45, 7) is 9.92. The van der Waals surface area contributed by atoms with Crippen LogP contribution in [-0.2, 0) is 9.53 Å². The molecular formula is C15H26N2O4. The van der Waals surface area contributed by atoms with Crippen LogP contribution in [0.4, 0.5) is 4.79 Å². The minimum absolute atomic E-state index is 0.0644. The Hall–Kier alpha value is -1.30. The van der Waals surface area contributed by atoms with E-state index >= 15 is 0 Å². The first-order chi connectivity index (χ1) is 9.60. The van der Waals surface area contributed by atoms with Crippen molar-refractivity contribution in [1.29, 1.82) is 0 Å². The lowest BCUT2D eigenvalue weighted by Crippen LogP contribution is -2.61. The van der Waals surface area contributed by atoms with Crippen molar-refractivity contribution in [2.45, 2.75) is 51.7 Å². The van der Waals surface area contributed by atoms with Crippen molar-refractivity contribution in [2.24, 2.45) is 5.92 Å². The normalized spacial score (nSPS) is 28.3. The lowest BCUT2D eigenvalue weighted by atomic mass is 9.97. The van der Waals surface area contributed by atoms with E-state index in [1.165, 1.54) is 0 Å². The first-order valence-corrected chi connectivity index (χ1v) is 7.56. The van der Waals surface area contributed by atoms with Gasteiger partial charge in [-0.2, -0.15) is 0 Å². The van der Waals surface area contributed by atoms with Gasteiger partial charge in [0, 0.05) is 13.1 Å². The highest BCUT2D eigenvalue weighted by Gasteiger charge is 2.42. The summed E-state index contributed by atoms with van der Waals surface area (Å²) in [6, 6.07) is -0.0644. The van der Waals surface area contributed by atoms with Gasteiger partial charge in [-0.3, -0.25) is 4.79 Å². The molecule has 6 heteroatoms. The Kier molecular flexibility index (Phi) is 4.19. The molecule has 0 bridgehead atoms. The van der Waals surface area contributed by atoms with E-state index in [0.717, 1.165) is 6.42 Å². The van der Waals surface area contributed by atoms with Gasteiger partial charge in [-0.25, -0.2) is 4.79 Å². The van der Waals surface area contributed by atoms with Gasteiger partial charge >= 0.3 is 12.0 Å². The van der Waals surface area contributed by atoms with Crippen LogP contribution in [0.1, 0.15) is 40.5 Å². The van der Waals surface area contributed by atoms with Gasteiger partial charge in [0.2, 0.25) is 0 Å². The van der Waals surface area contributed by atoms with Gasteiger partial charge in [0.05, 0.1) is 30.2 Å². The van der Waals surface area contributed by atoms with Crippen LogP contribution >= 0.6 is 0 Å². The molecule has 1 unspecified atom stereocenters. The van der Waals surface area contributed by atoms with Gasteiger partial charge in [-0.1, -0.05) is 0 Å². The van der Waals surface area contributed by atoms with E-state index < -0.39 is 11.9 Å². The number of amides is 2. The van der Waals surface area contributed by atoms with Crippen molar-refractivity contribution < 1.29 is 19.4 Å². The topological polar surface area (TPSA) is 70.1 Å². The summed E-state index contributed by atoms with van der Waals surface area (Å²) in [5.74, 6) is -1.25. The number of hydrogen-bond donors (Lipinski definition) is 1. The molecule has 0 aliphatic carbocycles. The van der Waals surface area contributed by atoms with E-state index in [1.807, 2.05) is 27.7 Å². The summed E-state index contributed by atoms with van der Waals surface area (Å²) in [4.78, 5) is 27.3. The number of likely N-dealkylation sites (tertiary alicyclic amines) is 1. The molecule has 0 radical (unpaired) electrons. The first-order valence-electron chi connectivity index (χ1n) is 7.56. The second-order valence-electron chi connectivity index (χ2n) is 7.38. The molecule has 2 aliphatic rings. The number of carboxylic acids is 1. The van der Waals surface area contributed by atoms with Gasteiger partial charge in [-0.15, -0.1) is 0 Å². The Morgan fingerprint density at radius 2 is 1.67 bits per heavy atom. The van der Waals surface area contributed by atoms with Crippen LogP contribution in [0.25, 0.3) is 0 Å². The molecular weight excluding hydrogens is 272 g/mol. The summed E-state index contributed by atoms with van der Waals surface area (Å²) < 4.78 is 5.98. The average molecular weight is 298 g/mol. The zero-order chi connectivity index (χ0) is 15.8. The Balaban J connectivity index is 2.06. The van der Waals surface area contributed by atoms with Gasteiger partial charge in [0.25, 0.3) is 0 Å².